The number of benzene rings is 1. The Morgan fingerprint density at radius 3 is 2.88 bits per heavy atom. The Hall–Kier alpha value is -1.13. The average molecular weight is 242 g/mol. The summed E-state index contributed by atoms with van der Waals surface area (Å²) in [5.74, 6) is 2.05. The van der Waals surface area contributed by atoms with Gasteiger partial charge in [0.1, 0.15) is 11.9 Å². The first-order valence-electron chi connectivity index (χ1n) is 5.29. The van der Waals surface area contributed by atoms with Crippen molar-refractivity contribution in [3.63, 3.8) is 0 Å². The summed E-state index contributed by atoms with van der Waals surface area (Å²) in [5.41, 5.74) is 0. The smallest absolute Gasteiger partial charge is 0.231 e. The standard InChI is InChI=1S/C11H12ClNO3/c12-8-3-10-11(15-6-14-10)4-9(8)16-7-1-2-13-5-7/h3-4,7,13H,1-2,5-6H2. The van der Waals surface area contributed by atoms with Crippen LogP contribution in [0.25, 0.3) is 0 Å². The molecule has 1 aromatic rings. The van der Waals surface area contributed by atoms with Gasteiger partial charge in [0.05, 0.1) is 5.02 Å². The molecule has 0 spiro atoms. The van der Waals surface area contributed by atoms with E-state index in [1.54, 1.807) is 12.1 Å². The van der Waals surface area contributed by atoms with Gasteiger partial charge in [0, 0.05) is 18.7 Å². The van der Waals surface area contributed by atoms with Gasteiger partial charge in [-0.25, -0.2) is 0 Å². The molecular formula is C11H12ClNO3. The average Bonchev–Trinajstić information content (AvgIpc) is 2.89. The monoisotopic (exact) mass is 241 g/mol. The first-order chi connectivity index (χ1) is 7.83. The van der Waals surface area contributed by atoms with Crippen molar-refractivity contribution in [1.82, 2.24) is 5.32 Å². The van der Waals surface area contributed by atoms with Crippen LogP contribution in [0.1, 0.15) is 6.42 Å². The van der Waals surface area contributed by atoms with Crippen LogP contribution < -0.4 is 19.5 Å². The zero-order valence-electron chi connectivity index (χ0n) is 8.66. The Labute approximate surface area is 98.4 Å². The van der Waals surface area contributed by atoms with Crippen LogP contribution >= 0.6 is 11.6 Å². The molecule has 1 aromatic carbocycles. The maximum absolute atomic E-state index is 6.11. The molecular weight excluding hydrogens is 230 g/mol. The van der Waals surface area contributed by atoms with Crippen molar-refractivity contribution in [3.05, 3.63) is 17.2 Å². The summed E-state index contributed by atoms with van der Waals surface area (Å²) in [7, 11) is 0. The van der Waals surface area contributed by atoms with Crippen LogP contribution in [0.2, 0.25) is 5.02 Å². The lowest BCUT2D eigenvalue weighted by Gasteiger charge is -2.14. The molecule has 1 saturated heterocycles. The number of hydrogen-bond donors (Lipinski definition) is 1. The molecule has 1 fully saturated rings. The van der Waals surface area contributed by atoms with Gasteiger partial charge >= 0.3 is 0 Å². The molecule has 0 amide bonds. The SMILES string of the molecule is Clc1cc2c(cc1OC1CCNC1)OCO2. The van der Waals surface area contributed by atoms with E-state index >= 15 is 0 Å². The van der Waals surface area contributed by atoms with Crippen LogP contribution in [0, 0.1) is 0 Å². The molecule has 1 unspecified atom stereocenters. The summed E-state index contributed by atoms with van der Waals surface area (Å²) in [4.78, 5) is 0. The van der Waals surface area contributed by atoms with Gasteiger partial charge in [-0.3, -0.25) is 0 Å². The third-order valence-corrected chi connectivity index (χ3v) is 3.03. The van der Waals surface area contributed by atoms with Crippen LogP contribution in [-0.4, -0.2) is 26.0 Å². The predicted octanol–water partition coefficient (Wildman–Crippen LogP) is 1.81. The van der Waals surface area contributed by atoms with E-state index in [1.807, 2.05) is 0 Å². The Bertz CT molecular complexity index is 404. The molecule has 2 heterocycles. The lowest BCUT2D eigenvalue weighted by atomic mass is 10.3. The molecule has 2 aliphatic heterocycles. The van der Waals surface area contributed by atoms with Gasteiger partial charge in [0.2, 0.25) is 6.79 Å². The third kappa shape index (κ3) is 1.79. The van der Waals surface area contributed by atoms with E-state index in [2.05, 4.69) is 5.32 Å². The minimum Gasteiger partial charge on any atom is -0.487 e. The van der Waals surface area contributed by atoms with Gasteiger partial charge in [-0.2, -0.15) is 0 Å². The van der Waals surface area contributed by atoms with Gasteiger partial charge in [-0.05, 0) is 13.0 Å². The fourth-order valence-electron chi connectivity index (χ4n) is 1.90. The van der Waals surface area contributed by atoms with E-state index in [9.17, 15) is 0 Å². The molecule has 2 aliphatic rings. The molecule has 1 N–H and O–H groups in total. The summed E-state index contributed by atoms with van der Waals surface area (Å²) in [6.07, 6.45) is 1.20. The Morgan fingerprint density at radius 1 is 1.31 bits per heavy atom. The molecule has 0 bridgehead atoms. The van der Waals surface area contributed by atoms with E-state index in [0.717, 1.165) is 19.5 Å². The van der Waals surface area contributed by atoms with Gasteiger partial charge in [-0.1, -0.05) is 11.6 Å². The normalized spacial score (nSPS) is 22.4. The molecule has 86 valence electrons. The van der Waals surface area contributed by atoms with Crippen LogP contribution in [0.5, 0.6) is 17.2 Å². The van der Waals surface area contributed by atoms with Crippen LogP contribution in [0.3, 0.4) is 0 Å². The van der Waals surface area contributed by atoms with Crippen LogP contribution in [0.15, 0.2) is 12.1 Å². The topological polar surface area (TPSA) is 39.7 Å². The molecule has 4 nitrogen and oxygen atoms in total. The molecule has 3 rings (SSSR count). The molecule has 16 heavy (non-hydrogen) atoms. The Morgan fingerprint density at radius 2 is 2.12 bits per heavy atom. The molecule has 1 atom stereocenters. The lowest BCUT2D eigenvalue weighted by molar-refractivity contribution is 0.173. The fourth-order valence-corrected chi connectivity index (χ4v) is 2.10. The maximum Gasteiger partial charge on any atom is 0.231 e. The molecule has 0 aromatic heterocycles. The first-order valence-corrected chi connectivity index (χ1v) is 5.67. The van der Waals surface area contributed by atoms with Crippen molar-refractivity contribution in [2.75, 3.05) is 19.9 Å². The minimum absolute atomic E-state index is 0.192. The largest absolute Gasteiger partial charge is 0.487 e. The Kier molecular flexibility index (Phi) is 2.53. The second-order valence-corrected chi connectivity index (χ2v) is 4.28. The number of ether oxygens (including phenoxy) is 3. The second-order valence-electron chi connectivity index (χ2n) is 3.87. The van der Waals surface area contributed by atoms with E-state index < -0.39 is 0 Å². The number of nitrogens with one attached hydrogen (secondary N) is 1. The predicted molar refractivity (Wildman–Crippen MR) is 59.5 cm³/mol. The van der Waals surface area contributed by atoms with Crippen LogP contribution in [0.4, 0.5) is 0 Å². The quantitative estimate of drug-likeness (QED) is 0.857. The van der Waals surface area contributed by atoms with E-state index in [4.69, 9.17) is 25.8 Å². The van der Waals surface area contributed by atoms with Crippen molar-refractivity contribution < 1.29 is 14.2 Å². The Balaban J connectivity index is 1.83. The number of fused-ring (bicyclic) bond motifs is 1. The first kappa shape index (κ1) is 10.1. The highest BCUT2D eigenvalue weighted by Gasteiger charge is 2.21. The summed E-state index contributed by atoms with van der Waals surface area (Å²) >= 11 is 6.11. The van der Waals surface area contributed by atoms with Gasteiger partial charge < -0.3 is 19.5 Å². The second kappa shape index (κ2) is 4.03. The maximum atomic E-state index is 6.11. The van der Waals surface area contributed by atoms with Crippen molar-refractivity contribution >= 4 is 11.6 Å². The fraction of sp³-hybridized carbons (Fsp3) is 0.455. The molecule has 0 radical (unpaired) electrons. The summed E-state index contributed by atoms with van der Waals surface area (Å²) in [6.45, 7) is 2.11. The number of rotatable bonds is 2. The highest BCUT2D eigenvalue weighted by atomic mass is 35.5. The van der Waals surface area contributed by atoms with Crippen molar-refractivity contribution in [1.29, 1.82) is 0 Å². The summed E-state index contributed by atoms with van der Waals surface area (Å²) in [6, 6.07) is 3.53. The van der Waals surface area contributed by atoms with Gasteiger partial charge in [0.15, 0.2) is 11.5 Å². The van der Waals surface area contributed by atoms with E-state index in [-0.39, 0.29) is 12.9 Å². The highest BCUT2D eigenvalue weighted by Crippen LogP contribution is 2.40. The lowest BCUT2D eigenvalue weighted by Crippen LogP contribution is -2.19. The minimum atomic E-state index is 0.192. The van der Waals surface area contributed by atoms with E-state index in [0.29, 0.717) is 22.3 Å². The van der Waals surface area contributed by atoms with Crippen LogP contribution in [-0.2, 0) is 0 Å². The number of hydrogen-bond acceptors (Lipinski definition) is 4. The third-order valence-electron chi connectivity index (χ3n) is 2.74. The molecule has 5 heteroatoms. The van der Waals surface area contributed by atoms with Crippen molar-refractivity contribution in [3.8, 4) is 17.2 Å². The molecule has 0 saturated carbocycles. The summed E-state index contributed by atoms with van der Waals surface area (Å²) < 4.78 is 16.3. The highest BCUT2D eigenvalue weighted by molar-refractivity contribution is 6.32. The zero-order valence-corrected chi connectivity index (χ0v) is 9.42. The summed E-state index contributed by atoms with van der Waals surface area (Å²) in [5, 5.41) is 3.81. The van der Waals surface area contributed by atoms with Gasteiger partial charge in [-0.15, -0.1) is 0 Å². The zero-order chi connectivity index (χ0) is 11.0. The molecule has 0 aliphatic carbocycles. The van der Waals surface area contributed by atoms with Gasteiger partial charge in [0.25, 0.3) is 0 Å². The van der Waals surface area contributed by atoms with Crippen molar-refractivity contribution in [2.24, 2.45) is 0 Å². The number of halogens is 1. The van der Waals surface area contributed by atoms with Crippen molar-refractivity contribution in [2.45, 2.75) is 12.5 Å². The van der Waals surface area contributed by atoms with E-state index in [1.165, 1.54) is 0 Å².